The zero-order valence-corrected chi connectivity index (χ0v) is 11.8. The second kappa shape index (κ2) is 6.75. The van der Waals surface area contributed by atoms with Gasteiger partial charge in [0.1, 0.15) is 6.61 Å². The van der Waals surface area contributed by atoms with Crippen molar-refractivity contribution in [2.75, 3.05) is 13.7 Å². The van der Waals surface area contributed by atoms with Crippen LogP contribution in [-0.2, 0) is 11.2 Å². The van der Waals surface area contributed by atoms with Crippen LogP contribution in [0.5, 0.6) is 11.5 Å². The van der Waals surface area contributed by atoms with Crippen molar-refractivity contribution in [3.63, 3.8) is 0 Å². The molecular weight excluding hydrogens is 252 g/mol. The van der Waals surface area contributed by atoms with Crippen LogP contribution in [-0.4, -0.2) is 19.5 Å². The van der Waals surface area contributed by atoms with E-state index in [1.807, 2.05) is 55.5 Å². The first-order chi connectivity index (χ1) is 9.69. The summed E-state index contributed by atoms with van der Waals surface area (Å²) in [6.45, 7) is 2.03. The molecule has 0 atom stereocenters. The van der Waals surface area contributed by atoms with Crippen LogP contribution < -0.4 is 9.47 Å². The largest absolute Gasteiger partial charge is 0.493 e. The van der Waals surface area contributed by atoms with Crippen molar-refractivity contribution < 1.29 is 14.3 Å². The van der Waals surface area contributed by atoms with Crippen molar-refractivity contribution in [1.82, 2.24) is 0 Å². The Kier molecular flexibility index (Phi) is 4.77. The lowest BCUT2D eigenvalue weighted by Crippen LogP contribution is -2.14. The van der Waals surface area contributed by atoms with Gasteiger partial charge in [0.05, 0.1) is 7.11 Å². The number of carbonyl (C=O) groups excluding carboxylic acids is 1. The van der Waals surface area contributed by atoms with E-state index in [9.17, 15) is 4.79 Å². The van der Waals surface area contributed by atoms with Gasteiger partial charge in [0, 0.05) is 6.42 Å². The number of carbonyl (C=O) groups is 1. The standard InChI is InChI=1S/C17H18O3/c1-13-8-9-16(17(10-13)19-2)20-12-15(18)11-14-6-4-3-5-7-14/h3-10H,11-12H2,1-2H3. The molecule has 0 amide bonds. The maximum atomic E-state index is 11.9. The summed E-state index contributed by atoms with van der Waals surface area (Å²) in [5.41, 5.74) is 2.08. The lowest BCUT2D eigenvalue weighted by Gasteiger charge is -2.10. The van der Waals surface area contributed by atoms with Gasteiger partial charge in [-0.2, -0.15) is 0 Å². The van der Waals surface area contributed by atoms with E-state index in [1.54, 1.807) is 7.11 Å². The number of hydrogen-bond acceptors (Lipinski definition) is 3. The maximum absolute atomic E-state index is 11.9. The van der Waals surface area contributed by atoms with Gasteiger partial charge in [0.25, 0.3) is 0 Å². The van der Waals surface area contributed by atoms with Gasteiger partial charge < -0.3 is 9.47 Å². The first-order valence-corrected chi connectivity index (χ1v) is 6.52. The summed E-state index contributed by atoms with van der Waals surface area (Å²) in [7, 11) is 1.59. The second-order valence-electron chi connectivity index (χ2n) is 4.64. The van der Waals surface area contributed by atoms with Crippen LogP contribution in [0, 0.1) is 6.92 Å². The summed E-state index contributed by atoms with van der Waals surface area (Å²) in [6.07, 6.45) is 0.384. The molecule has 0 radical (unpaired) electrons. The quantitative estimate of drug-likeness (QED) is 0.808. The molecule has 0 N–H and O–H groups in total. The van der Waals surface area contributed by atoms with Crippen molar-refractivity contribution in [3.8, 4) is 11.5 Å². The minimum Gasteiger partial charge on any atom is -0.493 e. The van der Waals surface area contributed by atoms with E-state index in [1.165, 1.54) is 0 Å². The van der Waals surface area contributed by atoms with E-state index in [0.717, 1.165) is 11.1 Å². The molecule has 0 aliphatic rings. The molecule has 0 spiro atoms. The molecule has 2 aromatic rings. The fourth-order valence-electron chi connectivity index (χ4n) is 1.93. The van der Waals surface area contributed by atoms with E-state index in [-0.39, 0.29) is 12.4 Å². The highest BCUT2D eigenvalue weighted by atomic mass is 16.5. The Morgan fingerprint density at radius 1 is 1.05 bits per heavy atom. The molecule has 20 heavy (non-hydrogen) atoms. The molecule has 0 heterocycles. The summed E-state index contributed by atoms with van der Waals surface area (Å²) in [5, 5.41) is 0. The van der Waals surface area contributed by atoms with E-state index in [4.69, 9.17) is 9.47 Å². The van der Waals surface area contributed by atoms with Gasteiger partial charge in [-0.05, 0) is 30.2 Å². The lowest BCUT2D eigenvalue weighted by molar-refractivity contribution is -0.120. The Bertz CT molecular complexity index is 576. The molecule has 3 nitrogen and oxygen atoms in total. The predicted molar refractivity (Wildman–Crippen MR) is 78.4 cm³/mol. The Labute approximate surface area is 119 Å². The highest BCUT2D eigenvalue weighted by Gasteiger charge is 2.08. The molecule has 0 aromatic heterocycles. The third-order valence-corrected chi connectivity index (χ3v) is 2.95. The van der Waals surface area contributed by atoms with Gasteiger partial charge in [0.2, 0.25) is 0 Å². The Morgan fingerprint density at radius 2 is 1.80 bits per heavy atom. The van der Waals surface area contributed by atoms with Crippen LogP contribution >= 0.6 is 0 Å². The van der Waals surface area contributed by atoms with Crippen LogP contribution in [0.3, 0.4) is 0 Å². The summed E-state index contributed by atoms with van der Waals surface area (Å²) in [5.74, 6) is 1.29. The molecule has 0 unspecified atom stereocenters. The van der Waals surface area contributed by atoms with Gasteiger partial charge in [-0.3, -0.25) is 4.79 Å². The average Bonchev–Trinajstić information content (AvgIpc) is 2.47. The average molecular weight is 270 g/mol. The Morgan fingerprint density at radius 3 is 2.50 bits per heavy atom. The molecular formula is C17H18O3. The van der Waals surface area contributed by atoms with Crippen molar-refractivity contribution in [2.45, 2.75) is 13.3 Å². The van der Waals surface area contributed by atoms with E-state index < -0.39 is 0 Å². The molecule has 0 saturated carbocycles. The van der Waals surface area contributed by atoms with Crippen molar-refractivity contribution >= 4 is 5.78 Å². The number of ether oxygens (including phenoxy) is 2. The fourth-order valence-corrected chi connectivity index (χ4v) is 1.93. The number of rotatable bonds is 6. The van der Waals surface area contributed by atoms with Gasteiger partial charge in [-0.25, -0.2) is 0 Å². The number of Topliss-reactive ketones (excluding diaryl/α,β-unsaturated/α-hetero) is 1. The zero-order valence-electron chi connectivity index (χ0n) is 11.8. The fraction of sp³-hybridized carbons (Fsp3) is 0.235. The minimum absolute atomic E-state index is 0.0406. The van der Waals surface area contributed by atoms with Crippen LogP contribution in [0.2, 0.25) is 0 Å². The summed E-state index contributed by atoms with van der Waals surface area (Å²) < 4.78 is 10.8. The summed E-state index contributed by atoms with van der Waals surface area (Å²) >= 11 is 0. The first-order valence-electron chi connectivity index (χ1n) is 6.52. The molecule has 0 bridgehead atoms. The molecule has 104 valence electrons. The monoisotopic (exact) mass is 270 g/mol. The smallest absolute Gasteiger partial charge is 0.174 e. The number of hydrogen-bond donors (Lipinski definition) is 0. The van der Waals surface area contributed by atoms with Gasteiger partial charge in [-0.1, -0.05) is 36.4 Å². The SMILES string of the molecule is COc1cc(C)ccc1OCC(=O)Cc1ccccc1. The third-order valence-electron chi connectivity index (χ3n) is 2.95. The topological polar surface area (TPSA) is 35.5 Å². The highest BCUT2D eigenvalue weighted by Crippen LogP contribution is 2.27. The molecule has 0 aliphatic heterocycles. The summed E-state index contributed by atoms with van der Waals surface area (Å²) in [6, 6.07) is 15.3. The number of aryl methyl sites for hydroxylation is 1. The highest BCUT2D eigenvalue weighted by molar-refractivity contribution is 5.82. The Balaban J connectivity index is 1.93. The molecule has 0 fully saturated rings. The van der Waals surface area contributed by atoms with Crippen LogP contribution in [0.25, 0.3) is 0 Å². The number of benzene rings is 2. The summed E-state index contributed by atoms with van der Waals surface area (Å²) in [4.78, 5) is 11.9. The van der Waals surface area contributed by atoms with Crippen molar-refractivity contribution in [1.29, 1.82) is 0 Å². The van der Waals surface area contributed by atoms with Crippen LogP contribution in [0.1, 0.15) is 11.1 Å². The minimum atomic E-state index is 0.0406. The second-order valence-corrected chi connectivity index (χ2v) is 4.64. The Hall–Kier alpha value is -2.29. The van der Waals surface area contributed by atoms with Gasteiger partial charge in [-0.15, -0.1) is 0 Å². The normalized spacial score (nSPS) is 10.1. The molecule has 3 heteroatoms. The molecule has 0 saturated heterocycles. The van der Waals surface area contributed by atoms with E-state index in [2.05, 4.69) is 0 Å². The molecule has 0 aliphatic carbocycles. The number of ketones is 1. The predicted octanol–water partition coefficient (Wildman–Crippen LogP) is 3.19. The van der Waals surface area contributed by atoms with Crippen LogP contribution in [0.4, 0.5) is 0 Å². The lowest BCUT2D eigenvalue weighted by atomic mass is 10.1. The van der Waals surface area contributed by atoms with Crippen LogP contribution in [0.15, 0.2) is 48.5 Å². The van der Waals surface area contributed by atoms with E-state index in [0.29, 0.717) is 17.9 Å². The molecule has 2 aromatic carbocycles. The van der Waals surface area contributed by atoms with E-state index >= 15 is 0 Å². The van der Waals surface area contributed by atoms with Gasteiger partial charge >= 0.3 is 0 Å². The van der Waals surface area contributed by atoms with Crippen molar-refractivity contribution in [3.05, 3.63) is 59.7 Å². The first kappa shape index (κ1) is 14.1. The zero-order chi connectivity index (χ0) is 14.4. The maximum Gasteiger partial charge on any atom is 0.174 e. The number of methoxy groups -OCH3 is 1. The van der Waals surface area contributed by atoms with Crippen molar-refractivity contribution in [2.24, 2.45) is 0 Å². The van der Waals surface area contributed by atoms with Gasteiger partial charge in [0.15, 0.2) is 17.3 Å². The molecule has 2 rings (SSSR count). The third kappa shape index (κ3) is 3.85.